The van der Waals surface area contributed by atoms with Crippen molar-refractivity contribution in [1.82, 2.24) is 4.57 Å². The van der Waals surface area contributed by atoms with Crippen LogP contribution in [-0.4, -0.2) is 50.1 Å². The van der Waals surface area contributed by atoms with Gasteiger partial charge in [0.05, 0.1) is 13.2 Å². The molecule has 150 valence electrons. The van der Waals surface area contributed by atoms with Crippen LogP contribution in [0.4, 0.5) is 0 Å². The summed E-state index contributed by atoms with van der Waals surface area (Å²) < 4.78 is 20.9. The molecule has 1 aromatic rings. The Hall–Kier alpha value is -0.609. The van der Waals surface area contributed by atoms with Gasteiger partial charge < -0.3 is 18.2 Å². The lowest BCUT2D eigenvalue weighted by molar-refractivity contribution is 0.170. The van der Waals surface area contributed by atoms with E-state index >= 15 is 0 Å². The average Bonchev–Trinajstić information content (AvgIpc) is 2.42. The standard InChI is InChI=1S/C19H39NO3Si3/c1-20(24(3,4)5)15-19(23-26(9,10)11)16-12-13-17(18(14-16)21-2)22-25(6,7)8/h12-14,19H,15H2,1-11H3. The fourth-order valence-corrected chi connectivity index (χ4v) is 5.06. The van der Waals surface area contributed by atoms with Gasteiger partial charge in [0, 0.05) is 6.54 Å². The molecule has 0 aliphatic carbocycles. The summed E-state index contributed by atoms with van der Waals surface area (Å²) in [5, 5.41) is 0. The molecular weight excluding hydrogens is 374 g/mol. The van der Waals surface area contributed by atoms with E-state index in [1.807, 2.05) is 6.07 Å². The second kappa shape index (κ2) is 8.60. The number of ether oxygens (including phenoxy) is 1. The van der Waals surface area contributed by atoms with Gasteiger partial charge in [0.2, 0.25) is 8.32 Å². The van der Waals surface area contributed by atoms with E-state index in [9.17, 15) is 0 Å². The second-order valence-electron chi connectivity index (χ2n) is 9.89. The van der Waals surface area contributed by atoms with Crippen LogP contribution in [0.3, 0.4) is 0 Å². The number of likely N-dealkylation sites (N-methyl/N-ethyl adjacent to an activating group) is 1. The average molecular weight is 414 g/mol. The van der Waals surface area contributed by atoms with Gasteiger partial charge in [-0.05, 0) is 64.0 Å². The monoisotopic (exact) mass is 413 g/mol. The van der Waals surface area contributed by atoms with Gasteiger partial charge in [-0.3, -0.25) is 0 Å². The Bertz CT molecular complexity index is 589. The fraction of sp³-hybridized carbons (Fsp3) is 0.684. The van der Waals surface area contributed by atoms with Crippen molar-refractivity contribution in [2.75, 3.05) is 20.7 Å². The van der Waals surface area contributed by atoms with Crippen molar-refractivity contribution in [2.24, 2.45) is 0 Å². The third kappa shape index (κ3) is 7.96. The van der Waals surface area contributed by atoms with Gasteiger partial charge in [0.25, 0.3) is 0 Å². The first-order chi connectivity index (χ1) is 11.6. The van der Waals surface area contributed by atoms with Gasteiger partial charge in [-0.2, -0.15) is 0 Å². The van der Waals surface area contributed by atoms with Gasteiger partial charge in [0.1, 0.15) is 14.0 Å². The molecule has 0 spiro atoms. The molecule has 0 heterocycles. The third-order valence-corrected chi connectivity index (χ3v) is 8.35. The highest BCUT2D eigenvalue weighted by Gasteiger charge is 2.29. The molecular formula is C19H39NO3Si3. The molecule has 0 bridgehead atoms. The quantitative estimate of drug-likeness (QED) is 0.495. The van der Waals surface area contributed by atoms with Crippen LogP contribution in [0.15, 0.2) is 18.2 Å². The Labute approximate surface area is 164 Å². The number of rotatable bonds is 9. The van der Waals surface area contributed by atoms with Crippen LogP contribution in [-0.2, 0) is 4.43 Å². The molecule has 0 aliphatic heterocycles. The molecule has 1 rings (SSSR count). The molecule has 4 nitrogen and oxygen atoms in total. The largest absolute Gasteiger partial charge is 0.542 e. The van der Waals surface area contributed by atoms with Crippen molar-refractivity contribution in [1.29, 1.82) is 0 Å². The number of methoxy groups -OCH3 is 1. The molecule has 0 aromatic heterocycles. The third-order valence-electron chi connectivity index (χ3n) is 4.06. The van der Waals surface area contributed by atoms with Crippen molar-refractivity contribution in [3.05, 3.63) is 23.8 Å². The van der Waals surface area contributed by atoms with E-state index < -0.39 is 24.9 Å². The minimum Gasteiger partial charge on any atom is -0.542 e. The Balaban J connectivity index is 3.20. The van der Waals surface area contributed by atoms with E-state index in [4.69, 9.17) is 13.6 Å². The molecule has 1 unspecified atom stereocenters. The molecule has 1 atom stereocenters. The van der Waals surface area contributed by atoms with Gasteiger partial charge in [-0.15, -0.1) is 0 Å². The predicted molar refractivity (Wildman–Crippen MR) is 120 cm³/mol. The Kier molecular flexibility index (Phi) is 7.75. The summed E-state index contributed by atoms with van der Waals surface area (Å²) >= 11 is 0. The summed E-state index contributed by atoms with van der Waals surface area (Å²) in [5.41, 5.74) is 1.16. The van der Waals surface area contributed by atoms with Gasteiger partial charge in [-0.1, -0.05) is 25.7 Å². The van der Waals surface area contributed by atoms with Crippen LogP contribution in [0.1, 0.15) is 11.7 Å². The summed E-state index contributed by atoms with van der Waals surface area (Å²) in [6, 6.07) is 6.28. The normalized spacial score (nSPS) is 14.5. The zero-order valence-corrected chi connectivity index (χ0v) is 21.7. The summed E-state index contributed by atoms with van der Waals surface area (Å²) in [7, 11) is -0.827. The van der Waals surface area contributed by atoms with Crippen LogP contribution >= 0.6 is 0 Å². The molecule has 1 aromatic carbocycles. The molecule has 0 N–H and O–H groups in total. The molecule has 26 heavy (non-hydrogen) atoms. The van der Waals surface area contributed by atoms with Crippen LogP contribution in [0, 0.1) is 0 Å². The lowest BCUT2D eigenvalue weighted by Crippen LogP contribution is -2.46. The van der Waals surface area contributed by atoms with E-state index in [2.05, 4.69) is 82.7 Å². The van der Waals surface area contributed by atoms with E-state index in [0.29, 0.717) is 0 Å². The summed E-state index contributed by atoms with van der Waals surface area (Å²) in [6.07, 6.45) is 0.0493. The Morgan fingerprint density at radius 3 is 1.88 bits per heavy atom. The smallest absolute Gasteiger partial charge is 0.242 e. The van der Waals surface area contributed by atoms with E-state index in [0.717, 1.165) is 23.6 Å². The van der Waals surface area contributed by atoms with Crippen molar-refractivity contribution in [2.45, 2.75) is 65.0 Å². The van der Waals surface area contributed by atoms with Gasteiger partial charge in [-0.25, -0.2) is 0 Å². The predicted octanol–water partition coefficient (Wildman–Crippen LogP) is 5.57. The van der Waals surface area contributed by atoms with Gasteiger partial charge >= 0.3 is 0 Å². The minimum absolute atomic E-state index is 0.0493. The zero-order valence-electron chi connectivity index (χ0n) is 18.7. The Morgan fingerprint density at radius 1 is 0.885 bits per heavy atom. The van der Waals surface area contributed by atoms with Crippen LogP contribution < -0.4 is 9.16 Å². The first kappa shape index (κ1) is 23.4. The van der Waals surface area contributed by atoms with Crippen molar-refractivity contribution >= 4 is 24.9 Å². The second-order valence-corrected chi connectivity index (χ2v) is 23.9. The maximum atomic E-state index is 6.56. The minimum atomic E-state index is -1.69. The topological polar surface area (TPSA) is 30.9 Å². The van der Waals surface area contributed by atoms with E-state index in [1.165, 1.54) is 0 Å². The first-order valence-corrected chi connectivity index (χ1v) is 19.6. The summed E-state index contributed by atoms with van der Waals surface area (Å²) in [5.74, 6) is 1.63. The van der Waals surface area contributed by atoms with Crippen molar-refractivity contribution in [3.63, 3.8) is 0 Å². The van der Waals surface area contributed by atoms with Crippen LogP contribution in [0.25, 0.3) is 0 Å². The maximum Gasteiger partial charge on any atom is 0.242 e. The fourth-order valence-electron chi connectivity index (χ4n) is 2.46. The van der Waals surface area contributed by atoms with Gasteiger partial charge in [0.15, 0.2) is 14.1 Å². The molecule has 0 saturated heterocycles. The zero-order chi connectivity index (χ0) is 20.3. The lowest BCUT2D eigenvalue weighted by Gasteiger charge is -2.36. The number of nitrogens with zero attached hydrogens (tertiary/aromatic N) is 1. The van der Waals surface area contributed by atoms with Crippen molar-refractivity contribution < 1.29 is 13.6 Å². The molecule has 0 fully saturated rings. The molecule has 0 saturated carbocycles. The molecule has 0 aliphatic rings. The SMILES string of the molecule is COc1cc(C(CN(C)[Si](C)(C)C)O[Si](C)(C)C)ccc1O[Si](C)(C)C. The van der Waals surface area contributed by atoms with E-state index in [-0.39, 0.29) is 6.10 Å². The number of hydrogen-bond acceptors (Lipinski definition) is 4. The highest BCUT2D eigenvalue weighted by molar-refractivity contribution is 6.73. The molecule has 0 amide bonds. The first-order valence-electron chi connectivity index (χ1n) is 9.38. The number of hydrogen-bond donors (Lipinski definition) is 0. The van der Waals surface area contributed by atoms with Crippen LogP contribution in [0.2, 0.25) is 58.9 Å². The van der Waals surface area contributed by atoms with E-state index in [1.54, 1.807) is 7.11 Å². The number of benzene rings is 1. The van der Waals surface area contributed by atoms with Crippen molar-refractivity contribution in [3.8, 4) is 11.5 Å². The highest BCUT2D eigenvalue weighted by atomic mass is 28.4. The highest BCUT2D eigenvalue weighted by Crippen LogP contribution is 2.34. The summed E-state index contributed by atoms with van der Waals surface area (Å²) in [4.78, 5) is 0. The molecule has 7 heteroatoms. The maximum absolute atomic E-state index is 6.56. The summed E-state index contributed by atoms with van der Waals surface area (Å²) in [6.45, 7) is 21.3. The Morgan fingerprint density at radius 2 is 1.46 bits per heavy atom. The molecule has 0 radical (unpaired) electrons. The lowest BCUT2D eigenvalue weighted by atomic mass is 10.1. The van der Waals surface area contributed by atoms with Crippen LogP contribution in [0.5, 0.6) is 11.5 Å².